The van der Waals surface area contributed by atoms with Crippen LogP contribution < -0.4 is 21.7 Å². The Morgan fingerprint density at radius 2 is 2.15 bits per heavy atom. The minimum absolute atomic E-state index is 0. The lowest BCUT2D eigenvalue weighted by molar-refractivity contribution is 0.0966. The van der Waals surface area contributed by atoms with Gasteiger partial charge in [-0.2, -0.15) is 4.98 Å². The summed E-state index contributed by atoms with van der Waals surface area (Å²) in [6, 6.07) is 5.74. The zero-order chi connectivity index (χ0) is 17.2. The predicted octanol–water partition coefficient (Wildman–Crippen LogP) is 2.52. The van der Waals surface area contributed by atoms with Gasteiger partial charge in [-0.25, -0.2) is 4.98 Å². The van der Waals surface area contributed by atoms with Crippen molar-refractivity contribution in [2.75, 3.05) is 23.7 Å². The molecule has 2 aromatic rings. The van der Waals surface area contributed by atoms with Crippen molar-refractivity contribution in [1.29, 1.82) is 0 Å². The molecular weight excluding hydrogens is 352 g/mol. The van der Waals surface area contributed by atoms with Crippen LogP contribution in [0.15, 0.2) is 24.4 Å². The van der Waals surface area contributed by atoms with Gasteiger partial charge in [-0.05, 0) is 49.4 Å². The summed E-state index contributed by atoms with van der Waals surface area (Å²) >= 11 is 0. The number of hydrogen-bond acceptors (Lipinski definition) is 6. The van der Waals surface area contributed by atoms with Crippen molar-refractivity contribution in [3.8, 4) is 0 Å². The van der Waals surface area contributed by atoms with E-state index in [9.17, 15) is 4.79 Å². The fourth-order valence-corrected chi connectivity index (χ4v) is 3.01. The highest BCUT2D eigenvalue weighted by Crippen LogP contribution is 2.42. The topological polar surface area (TPSA) is 105 Å². The Hall–Kier alpha value is -2.38. The zero-order valence-electron chi connectivity index (χ0n) is 14.4. The van der Waals surface area contributed by atoms with E-state index in [1.165, 1.54) is 18.4 Å². The molecule has 26 heavy (non-hydrogen) atoms. The second kappa shape index (κ2) is 7.88. The lowest BCUT2D eigenvalue weighted by Gasteiger charge is -2.12. The van der Waals surface area contributed by atoms with Crippen LogP contribution >= 0.6 is 12.4 Å². The lowest BCUT2D eigenvalue weighted by atomic mass is 10.1. The van der Waals surface area contributed by atoms with E-state index in [0.29, 0.717) is 30.5 Å². The van der Waals surface area contributed by atoms with Crippen molar-refractivity contribution in [2.24, 2.45) is 5.73 Å². The first-order valence-electron chi connectivity index (χ1n) is 8.73. The number of carbonyl (C=O) groups excluding carboxylic acids is 1. The van der Waals surface area contributed by atoms with Crippen molar-refractivity contribution in [3.05, 3.63) is 41.1 Å². The number of nitrogens with zero attached hydrogens (tertiary/aromatic N) is 2. The van der Waals surface area contributed by atoms with Crippen LogP contribution in [0.2, 0.25) is 0 Å². The molecule has 0 unspecified atom stereocenters. The Kier molecular flexibility index (Phi) is 5.58. The fraction of sp³-hybridized carbons (Fsp3) is 0.389. The highest BCUT2D eigenvalue weighted by atomic mass is 35.5. The maximum Gasteiger partial charge on any atom is 0.251 e. The van der Waals surface area contributed by atoms with Gasteiger partial charge in [0.1, 0.15) is 5.82 Å². The molecule has 0 atom stereocenters. The van der Waals surface area contributed by atoms with Crippen molar-refractivity contribution in [3.63, 3.8) is 0 Å². The molecule has 8 heteroatoms. The maximum atomic E-state index is 11.8. The number of nitrogens with one attached hydrogen (secondary N) is 3. The highest BCUT2D eigenvalue weighted by molar-refractivity contribution is 5.99. The van der Waals surface area contributed by atoms with Crippen molar-refractivity contribution >= 4 is 35.8 Å². The summed E-state index contributed by atoms with van der Waals surface area (Å²) in [5.74, 6) is 1.94. The molecule has 1 aliphatic carbocycles. The number of halogens is 1. The van der Waals surface area contributed by atoms with Gasteiger partial charge in [0.2, 0.25) is 5.95 Å². The van der Waals surface area contributed by atoms with Crippen LogP contribution in [0.3, 0.4) is 0 Å². The third-order valence-corrected chi connectivity index (χ3v) is 4.56. The van der Waals surface area contributed by atoms with E-state index < -0.39 is 0 Å². The summed E-state index contributed by atoms with van der Waals surface area (Å²) in [4.78, 5) is 20.9. The number of anilines is 3. The van der Waals surface area contributed by atoms with Gasteiger partial charge in [0, 0.05) is 36.1 Å². The number of amides is 1. The van der Waals surface area contributed by atoms with Gasteiger partial charge in [-0.15, -0.1) is 12.4 Å². The Labute approximate surface area is 158 Å². The standard InChI is InChI=1S/C18H22N6O.ClH/c19-6-1-7-20-16-15(11-2-3-11)10-22-18(24-16)23-13-5-4-12-9-21-17(25)14(12)8-13;/h4-5,8,10-11H,1-3,6-7,9,19H2,(H,21,25)(H2,20,22,23,24);1H. The summed E-state index contributed by atoms with van der Waals surface area (Å²) in [6.45, 7) is 2.04. The second-order valence-corrected chi connectivity index (χ2v) is 6.52. The molecule has 0 spiro atoms. The molecule has 1 aliphatic heterocycles. The van der Waals surface area contributed by atoms with Gasteiger partial charge in [0.15, 0.2) is 0 Å². The van der Waals surface area contributed by atoms with Gasteiger partial charge in [0.25, 0.3) is 5.91 Å². The van der Waals surface area contributed by atoms with Crippen LogP contribution in [0, 0.1) is 0 Å². The minimum Gasteiger partial charge on any atom is -0.370 e. The average molecular weight is 375 g/mol. The molecule has 5 N–H and O–H groups in total. The van der Waals surface area contributed by atoms with Crippen LogP contribution in [-0.4, -0.2) is 29.0 Å². The number of fused-ring (bicyclic) bond motifs is 1. The summed E-state index contributed by atoms with van der Waals surface area (Å²) < 4.78 is 0. The maximum absolute atomic E-state index is 11.8. The van der Waals surface area contributed by atoms with E-state index >= 15 is 0 Å². The third kappa shape index (κ3) is 3.89. The molecule has 1 fully saturated rings. The number of carbonyl (C=O) groups is 1. The van der Waals surface area contributed by atoms with Crippen LogP contribution in [0.5, 0.6) is 0 Å². The van der Waals surface area contributed by atoms with Gasteiger partial charge >= 0.3 is 0 Å². The first-order chi connectivity index (χ1) is 12.2. The monoisotopic (exact) mass is 374 g/mol. The number of hydrogen-bond donors (Lipinski definition) is 4. The van der Waals surface area contributed by atoms with Crippen molar-refractivity contribution in [2.45, 2.75) is 31.7 Å². The highest BCUT2D eigenvalue weighted by Gasteiger charge is 2.27. The van der Waals surface area contributed by atoms with E-state index in [1.54, 1.807) is 0 Å². The zero-order valence-corrected chi connectivity index (χ0v) is 15.2. The van der Waals surface area contributed by atoms with Gasteiger partial charge in [0.05, 0.1) is 0 Å². The normalized spacial score (nSPS) is 15.0. The first kappa shape index (κ1) is 18.4. The van der Waals surface area contributed by atoms with Crippen LogP contribution in [0.25, 0.3) is 0 Å². The molecule has 2 aliphatic rings. The van der Waals surface area contributed by atoms with Crippen LogP contribution in [-0.2, 0) is 6.54 Å². The SMILES string of the molecule is Cl.NCCCNc1nc(Nc2ccc3c(c2)C(=O)NC3)ncc1C1CC1. The quantitative estimate of drug-likeness (QED) is 0.555. The Morgan fingerprint density at radius 1 is 1.31 bits per heavy atom. The molecule has 1 aromatic heterocycles. The second-order valence-electron chi connectivity index (χ2n) is 6.52. The molecule has 1 aromatic carbocycles. The molecule has 1 saturated carbocycles. The Morgan fingerprint density at radius 3 is 2.92 bits per heavy atom. The van der Waals surface area contributed by atoms with Gasteiger partial charge in [-0.1, -0.05) is 6.07 Å². The van der Waals surface area contributed by atoms with Crippen LogP contribution in [0.1, 0.15) is 46.7 Å². The van der Waals surface area contributed by atoms with Crippen LogP contribution in [0.4, 0.5) is 17.5 Å². The molecule has 0 radical (unpaired) electrons. The van der Waals surface area contributed by atoms with E-state index in [-0.39, 0.29) is 18.3 Å². The number of aromatic nitrogens is 2. The summed E-state index contributed by atoms with van der Waals surface area (Å²) in [5.41, 5.74) is 9.29. The average Bonchev–Trinajstić information content (AvgIpc) is 3.40. The predicted molar refractivity (Wildman–Crippen MR) is 104 cm³/mol. The molecule has 7 nitrogen and oxygen atoms in total. The van der Waals surface area contributed by atoms with E-state index in [0.717, 1.165) is 30.0 Å². The van der Waals surface area contributed by atoms with Crippen molar-refractivity contribution < 1.29 is 4.79 Å². The van der Waals surface area contributed by atoms with E-state index in [2.05, 4.69) is 25.9 Å². The largest absolute Gasteiger partial charge is 0.370 e. The molecule has 1 amide bonds. The molecule has 4 rings (SSSR count). The molecule has 2 heterocycles. The lowest BCUT2D eigenvalue weighted by Crippen LogP contribution is -2.12. The first-order valence-corrected chi connectivity index (χ1v) is 8.73. The number of rotatable bonds is 7. The van der Waals surface area contributed by atoms with Gasteiger partial charge < -0.3 is 21.7 Å². The third-order valence-electron chi connectivity index (χ3n) is 4.56. The Bertz CT molecular complexity index is 808. The minimum atomic E-state index is -0.0345. The number of benzene rings is 1. The van der Waals surface area contributed by atoms with E-state index in [4.69, 9.17) is 5.73 Å². The summed E-state index contributed by atoms with van der Waals surface area (Å²) in [5, 5.41) is 9.40. The molecule has 138 valence electrons. The van der Waals surface area contributed by atoms with Crippen molar-refractivity contribution in [1.82, 2.24) is 15.3 Å². The Balaban J connectivity index is 0.00000196. The molecular formula is C18H23ClN6O. The number of nitrogens with two attached hydrogens (primary N) is 1. The summed E-state index contributed by atoms with van der Waals surface area (Å²) in [6.07, 6.45) is 5.19. The van der Waals surface area contributed by atoms with E-state index in [1.807, 2.05) is 24.4 Å². The smallest absolute Gasteiger partial charge is 0.251 e. The molecule has 0 saturated heterocycles. The fourth-order valence-electron chi connectivity index (χ4n) is 3.01. The molecule has 0 bridgehead atoms. The summed E-state index contributed by atoms with van der Waals surface area (Å²) in [7, 11) is 0. The van der Waals surface area contributed by atoms with Gasteiger partial charge in [-0.3, -0.25) is 4.79 Å².